The van der Waals surface area contributed by atoms with Crippen molar-refractivity contribution in [2.24, 2.45) is 5.73 Å². The number of anilines is 1. The predicted molar refractivity (Wildman–Crippen MR) is 71.6 cm³/mol. The molecule has 0 radical (unpaired) electrons. The molecular weight excluding hydrogens is 228 g/mol. The van der Waals surface area contributed by atoms with Crippen LogP contribution in [0.4, 0.5) is 10.5 Å². The van der Waals surface area contributed by atoms with Crippen molar-refractivity contribution in [3.05, 3.63) is 29.8 Å². The first-order chi connectivity index (χ1) is 8.59. The van der Waals surface area contributed by atoms with Crippen LogP contribution in [-0.4, -0.2) is 18.7 Å². The number of carbonyl (C=O) groups is 1. The summed E-state index contributed by atoms with van der Waals surface area (Å²) in [7, 11) is 0. The lowest BCUT2D eigenvalue weighted by Gasteiger charge is -2.23. The second-order valence-electron chi connectivity index (χ2n) is 4.89. The Bertz CT molecular complexity index is 432. The van der Waals surface area contributed by atoms with Gasteiger partial charge in [0.1, 0.15) is 0 Å². The minimum absolute atomic E-state index is 0.00181. The van der Waals surface area contributed by atoms with Crippen molar-refractivity contribution in [3.63, 3.8) is 0 Å². The number of fused-ring (bicyclic) bond motifs is 1. The fraction of sp³-hybridized carbons (Fsp3) is 0.500. The van der Waals surface area contributed by atoms with Crippen molar-refractivity contribution in [1.29, 1.82) is 0 Å². The Kier molecular flexibility index (Phi) is 3.87. The van der Waals surface area contributed by atoms with Crippen molar-refractivity contribution in [2.75, 3.05) is 11.4 Å². The lowest BCUT2D eigenvalue weighted by atomic mass is 10.0. The fourth-order valence-electron chi connectivity index (χ4n) is 2.25. The zero-order chi connectivity index (χ0) is 13.1. The van der Waals surface area contributed by atoms with E-state index in [0.29, 0.717) is 6.54 Å². The normalized spacial score (nSPS) is 19.3. The molecule has 0 fully saturated rings. The average molecular weight is 248 g/mol. The van der Waals surface area contributed by atoms with Gasteiger partial charge in [-0.15, -0.1) is 0 Å². The lowest BCUT2D eigenvalue weighted by Crippen LogP contribution is -2.33. The number of ether oxygens (including phenoxy) is 1. The van der Waals surface area contributed by atoms with E-state index in [9.17, 15) is 4.79 Å². The van der Waals surface area contributed by atoms with Crippen molar-refractivity contribution in [2.45, 2.75) is 38.8 Å². The zero-order valence-electron chi connectivity index (χ0n) is 10.9. The number of benzene rings is 1. The first-order valence-electron chi connectivity index (χ1n) is 6.42. The molecule has 1 heterocycles. The van der Waals surface area contributed by atoms with E-state index in [0.717, 1.165) is 24.1 Å². The first kappa shape index (κ1) is 12.9. The molecule has 0 saturated heterocycles. The van der Waals surface area contributed by atoms with Crippen LogP contribution < -0.4 is 10.6 Å². The Morgan fingerprint density at radius 1 is 1.44 bits per heavy atom. The maximum atomic E-state index is 12.1. The summed E-state index contributed by atoms with van der Waals surface area (Å²) < 4.78 is 5.28. The SMILES string of the molecule is CC(C)OC(=O)N1CCCC(N)c2ccccc21. The van der Waals surface area contributed by atoms with Gasteiger partial charge in [-0.3, -0.25) is 4.90 Å². The number of hydrogen-bond donors (Lipinski definition) is 1. The Hall–Kier alpha value is -1.55. The topological polar surface area (TPSA) is 55.6 Å². The summed E-state index contributed by atoms with van der Waals surface area (Å²) in [6, 6.07) is 7.80. The van der Waals surface area contributed by atoms with Gasteiger partial charge in [-0.2, -0.15) is 0 Å². The molecule has 1 aliphatic heterocycles. The molecule has 2 rings (SSSR count). The van der Waals surface area contributed by atoms with E-state index < -0.39 is 0 Å². The maximum Gasteiger partial charge on any atom is 0.414 e. The highest BCUT2D eigenvalue weighted by molar-refractivity contribution is 5.89. The van der Waals surface area contributed by atoms with Crippen LogP contribution in [0.25, 0.3) is 0 Å². The summed E-state index contributed by atoms with van der Waals surface area (Å²) in [5, 5.41) is 0. The zero-order valence-corrected chi connectivity index (χ0v) is 10.9. The number of para-hydroxylation sites is 1. The Morgan fingerprint density at radius 3 is 2.89 bits per heavy atom. The molecule has 4 nitrogen and oxygen atoms in total. The van der Waals surface area contributed by atoms with Gasteiger partial charge < -0.3 is 10.5 Å². The molecule has 4 heteroatoms. The first-order valence-corrected chi connectivity index (χ1v) is 6.42. The molecule has 0 aliphatic carbocycles. The molecular formula is C14H20N2O2. The molecule has 0 spiro atoms. The number of rotatable bonds is 1. The number of nitrogens with two attached hydrogens (primary N) is 1. The van der Waals surface area contributed by atoms with Gasteiger partial charge in [0.15, 0.2) is 0 Å². The van der Waals surface area contributed by atoms with Gasteiger partial charge in [-0.05, 0) is 38.3 Å². The van der Waals surface area contributed by atoms with Gasteiger partial charge in [0.2, 0.25) is 0 Å². The van der Waals surface area contributed by atoms with Crippen LogP contribution in [0, 0.1) is 0 Å². The highest BCUT2D eigenvalue weighted by Crippen LogP contribution is 2.31. The molecule has 0 bridgehead atoms. The third kappa shape index (κ3) is 2.64. The van der Waals surface area contributed by atoms with Gasteiger partial charge in [-0.1, -0.05) is 18.2 Å². The van der Waals surface area contributed by atoms with E-state index in [2.05, 4.69) is 0 Å². The molecule has 1 atom stereocenters. The largest absolute Gasteiger partial charge is 0.446 e. The molecule has 18 heavy (non-hydrogen) atoms. The Balaban J connectivity index is 2.31. The summed E-state index contributed by atoms with van der Waals surface area (Å²) in [4.78, 5) is 13.8. The van der Waals surface area contributed by atoms with E-state index >= 15 is 0 Å². The minimum Gasteiger partial charge on any atom is -0.446 e. The monoisotopic (exact) mass is 248 g/mol. The Labute approximate surface area is 108 Å². The van der Waals surface area contributed by atoms with Gasteiger partial charge >= 0.3 is 6.09 Å². The molecule has 1 aromatic rings. The molecule has 1 aromatic carbocycles. The van der Waals surface area contributed by atoms with Crippen LogP contribution >= 0.6 is 0 Å². The standard InChI is InChI=1S/C14H20N2O2/c1-10(2)18-14(17)16-9-5-7-12(15)11-6-3-4-8-13(11)16/h3-4,6,8,10,12H,5,7,9,15H2,1-2H3. The van der Waals surface area contributed by atoms with Crippen LogP contribution in [0.2, 0.25) is 0 Å². The molecule has 0 aromatic heterocycles. The molecule has 1 amide bonds. The van der Waals surface area contributed by atoms with E-state index in [-0.39, 0.29) is 18.2 Å². The predicted octanol–water partition coefficient (Wildman–Crippen LogP) is 2.83. The van der Waals surface area contributed by atoms with E-state index in [1.54, 1.807) is 4.90 Å². The lowest BCUT2D eigenvalue weighted by molar-refractivity contribution is 0.122. The van der Waals surface area contributed by atoms with Crippen molar-refractivity contribution in [1.82, 2.24) is 0 Å². The summed E-state index contributed by atoms with van der Waals surface area (Å²) in [6.07, 6.45) is 1.39. The fourth-order valence-corrected chi connectivity index (χ4v) is 2.25. The second kappa shape index (κ2) is 5.40. The van der Waals surface area contributed by atoms with Crippen LogP contribution in [0.5, 0.6) is 0 Å². The van der Waals surface area contributed by atoms with Gasteiger partial charge in [0, 0.05) is 12.6 Å². The van der Waals surface area contributed by atoms with Crippen molar-refractivity contribution >= 4 is 11.8 Å². The van der Waals surface area contributed by atoms with Crippen molar-refractivity contribution in [3.8, 4) is 0 Å². The number of hydrogen-bond acceptors (Lipinski definition) is 3. The van der Waals surface area contributed by atoms with Gasteiger partial charge in [-0.25, -0.2) is 4.79 Å². The molecule has 1 aliphatic rings. The third-order valence-electron chi connectivity index (χ3n) is 3.08. The molecule has 98 valence electrons. The quantitative estimate of drug-likeness (QED) is 0.831. The third-order valence-corrected chi connectivity index (χ3v) is 3.08. The van der Waals surface area contributed by atoms with Crippen LogP contribution in [0.3, 0.4) is 0 Å². The second-order valence-corrected chi connectivity index (χ2v) is 4.89. The summed E-state index contributed by atoms with van der Waals surface area (Å²) >= 11 is 0. The highest BCUT2D eigenvalue weighted by atomic mass is 16.6. The highest BCUT2D eigenvalue weighted by Gasteiger charge is 2.25. The van der Waals surface area contributed by atoms with E-state index in [4.69, 9.17) is 10.5 Å². The van der Waals surface area contributed by atoms with Crippen LogP contribution in [0.15, 0.2) is 24.3 Å². The van der Waals surface area contributed by atoms with Gasteiger partial charge in [0.05, 0.1) is 11.8 Å². The van der Waals surface area contributed by atoms with Gasteiger partial charge in [0.25, 0.3) is 0 Å². The van der Waals surface area contributed by atoms with E-state index in [1.807, 2.05) is 38.1 Å². The van der Waals surface area contributed by atoms with Crippen molar-refractivity contribution < 1.29 is 9.53 Å². The summed E-state index contributed by atoms with van der Waals surface area (Å²) in [6.45, 7) is 4.37. The smallest absolute Gasteiger partial charge is 0.414 e. The minimum atomic E-state index is -0.286. The summed E-state index contributed by atoms with van der Waals surface area (Å²) in [5.41, 5.74) is 8.04. The number of carbonyl (C=O) groups excluding carboxylic acids is 1. The molecule has 0 saturated carbocycles. The van der Waals surface area contributed by atoms with E-state index in [1.165, 1.54) is 0 Å². The number of amides is 1. The summed E-state index contributed by atoms with van der Waals surface area (Å²) in [5.74, 6) is 0. The number of nitrogens with zero attached hydrogens (tertiary/aromatic N) is 1. The average Bonchev–Trinajstić information content (AvgIpc) is 2.49. The maximum absolute atomic E-state index is 12.1. The van der Waals surface area contributed by atoms with Crippen LogP contribution in [-0.2, 0) is 4.74 Å². The Morgan fingerprint density at radius 2 is 2.17 bits per heavy atom. The molecule has 2 N–H and O–H groups in total. The molecule has 1 unspecified atom stereocenters. The van der Waals surface area contributed by atoms with Crippen LogP contribution in [0.1, 0.15) is 38.3 Å².